The molecule has 30 heavy (non-hydrogen) atoms. The lowest BCUT2D eigenvalue weighted by Gasteiger charge is -2.10. The highest BCUT2D eigenvalue weighted by Gasteiger charge is 2.21. The fraction of sp³-hybridized carbons (Fsp3) is 0.0400. The van der Waals surface area contributed by atoms with Gasteiger partial charge in [0.25, 0.3) is 11.8 Å². The van der Waals surface area contributed by atoms with Gasteiger partial charge < -0.3 is 15.4 Å². The number of hydrogen-bond acceptors (Lipinski definition) is 3. The summed E-state index contributed by atoms with van der Waals surface area (Å²) in [7, 11) is 0. The molecule has 4 aromatic rings. The van der Waals surface area contributed by atoms with Crippen molar-refractivity contribution in [3.8, 4) is 11.5 Å². The van der Waals surface area contributed by atoms with Crippen molar-refractivity contribution in [2.75, 3.05) is 10.6 Å². The number of carbonyl (C=O) groups is 2. The molecule has 0 atom stereocenters. The zero-order valence-electron chi connectivity index (χ0n) is 16.2. The highest BCUT2D eigenvalue weighted by molar-refractivity contribution is 6.10. The van der Waals surface area contributed by atoms with Crippen molar-refractivity contribution in [2.45, 2.75) is 6.92 Å². The van der Waals surface area contributed by atoms with E-state index >= 15 is 0 Å². The van der Waals surface area contributed by atoms with Gasteiger partial charge in [-0.05, 0) is 65.7 Å². The third-order valence-electron chi connectivity index (χ3n) is 5.10. The van der Waals surface area contributed by atoms with E-state index in [1.54, 1.807) is 24.3 Å². The number of anilines is 2. The molecule has 146 valence electrons. The Kier molecular flexibility index (Phi) is 4.21. The molecule has 0 unspecified atom stereocenters. The Labute approximate surface area is 173 Å². The topological polar surface area (TPSA) is 67.4 Å². The van der Waals surface area contributed by atoms with Crippen LogP contribution in [0.4, 0.5) is 11.4 Å². The summed E-state index contributed by atoms with van der Waals surface area (Å²) in [5.41, 5.74) is 3.07. The van der Waals surface area contributed by atoms with E-state index in [-0.39, 0.29) is 11.8 Å². The molecule has 0 spiro atoms. The molecule has 0 saturated carbocycles. The van der Waals surface area contributed by atoms with Crippen molar-refractivity contribution >= 4 is 34.0 Å². The Hall–Kier alpha value is -4.12. The number of carbonyl (C=O) groups excluding carboxylic acids is 2. The van der Waals surface area contributed by atoms with Crippen LogP contribution in [-0.4, -0.2) is 11.8 Å². The minimum atomic E-state index is -0.281. The van der Waals surface area contributed by atoms with Crippen LogP contribution in [0.25, 0.3) is 10.8 Å². The first kappa shape index (κ1) is 17.9. The van der Waals surface area contributed by atoms with Crippen LogP contribution in [0.1, 0.15) is 26.3 Å². The Morgan fingerprint density at radius 2 is 1.67 bits per heavy atom. The van der Waals surface area contributed by atoms with Crippen molar-refractivity contribution in [3.63, 3.8) is 0 Å². The summed E-state index contributed by atoms with van der Waals surface area (Å²) in [5.74, 6) is 0.505. The minimum Gasteiger partial charge on any atom is -0.454 e. The smallest absolute Gasteiger partial charge is 0.259 e. The Morgan fingerprint density at radius 1 is 0.867 bits per heavy atom. The number of hydrogen-bond donors (Lipinski definition) is 2. The summed E-state index contributed by atoms with van der Waals surface area (Å²) >= 11 is 0. The molecule has 1 heterocycles. The molecule has 0 bridgehead atoms. The summed E-state index contributed by atoms with van der Waals surface area (Å²) in [5, 5.41) is 7.81. The maximum absolute atomic E-state index is 12.7. The minimum absolute atomic E-state index is 0.241. The van der Waals surface area contributed by atoms with Crippen LogP contribution >= 0.6 is 0 Å². The number of rotatable bonds is 2. The maximum Gasteiger partial charge on any atom is 0.259 e. The molecule has 1 aliphatic heterocycles. The normalized spacial score (nSPS) is 12.2. The van der Waals surface area contributed by atoms with E-state index in [0.29, 0.717) is 34.0 Å². The lowest BCUT2D eigenvalue weighted by Crippen LogP contribution is -2.14. The molecule has 5 heteroatoms. The van der Waals surface area contributed by atoms with Gasteiger partial charge in [-0.2, -0.15) is 0 Å². The largest absolute Gasteiger partial charge is 0.454 e. The zero-order chi connectivity index (χ0) is 20.7. The predicted molar refractivity (Wildman–Crippen MR) is 118 cm³/mol. The number of ether oxygens (including phenoxy) is 1. The van der Waals surface area contributed by atoms with Crippen molar-refractivity contribution in [2.24, 2.45) is 0 Å². The SMILES string of the molecule is Cc1ccc2c(c1)NC(=O)c1cc(NC(=O)c3ccc4ccccc4c3)ccc1O2. The lowest BCUT2D eigenvalue weighted by molar-refractivity contribution is 0.101. The second-order valence-electron chi connectivity index (χ2n) is 7.28. The van der Waals surface area contributed by atoms with Gasteiger partial charge in [-0.15, -0.1) is 0 Å². The summed E-state index contributed by atoms with van der Waals surface area (Å²) in [6.07, 6.45) is 0. The van der Waals surface area contributed by atoms with E-state index in [1.165, 1.54) is 0 Å². The van der Waals surface area contributed by atoms with Crippen LogP contribution in [0.5, 0.6) is 11.5 Å². The number of fused-ring (bicyclic) bond motifs is 3. The van der Waals surface area contributed by atoms with Gasteiger partial charge in [0.15, 0.2) is 5.75 Å². The molecule has 2 amide bonds. The average Bonchev–Trinajstić information content (AvgIpc) is 2.89. The van der Waals surface area contributed by atoms with Gasteiger partial charge in [-0.3, -0.25) is 9.59 Å². The highest BCUT2D eigenvalue weighted by Crippen LogP contribution is 2.37. The molecule has 1 aliphatic rings. The van der Waals surface area contributed by atoms with Crippen LogP contribution in [0, 0.1) is 6.92 Å². The fourth-order valence-corrected chi connectivity index (χ4v) is 3.55. The van der Waals surface area contributed by atoms with Gasteiger partial charge in [0.1, 0.15) is 5.75 Å². The molecule has 0 fully saturated rings. The maximum atomic E-state index is 12.7. The first-order valence-electron chi connectivity index (χ1n) is 9.61. The fourth-order valence-electron chi connectivity index (χ4n) is 3.55. The molecule has 4 aromatic carbocycles. The van der Waals surface area contributed by atoms with Gasteiger partial charge in [0.05, 0.1) is 11.3 Å². The van der Waals surface area contributed by atoms with E-state index in [0.717, 1.165) is 16.3 Å². The summed E-state index contributed by atoms with van der Waals surface area (Å²) in [4.78, 5) is 25.5. The van der Waals surface area contributed by atoms with Crippen molar-refractivity contribution in [1.29, 1.82) is 0 Å². The van der Waals surface area contributed by atoms with Crippen molar-refractivity contribution in [3.05, 3.63) is 95.6 Å². The Bertz CT molecular complexity index is 1330. The molecule has 0 saturated heterocycles. The first-order valence-corrected chi connectivity index (χ1v) is 9.61. The van der Waals surface area contributed by atoms with Crippen LogP contribution in [0.15, 0.2) is 78.9 Å². The first-order chi connectivity index (χ1) is 14.6. The number of aryl methyl sites for hydroxylation is 1. The molecule has 2 N–H and O–H groups in total. The van der Waals surface area contributed by atoms with E-state index in [2.05, 4.69) is 10.6 Å². The van der Waals surface area contributed by atoms with Crippen LogP contribution < -0.4 is 15.4 Å². The van der Waals surface area contributed by atoms with E-state index < -0.39 is 0 Å². The molecular weight excluding hydrogens is 376 g/mol. The standard InChI is InChI=1S/C25H18N2O3/c1-15-6-10-23-21(12-15)27-25(29)20-14-19(9-11-22(20)30-23)26-24(28)18-8-7-16-4-2-3-5-17(16)13-18/h2-14H,1H3,(H,26,28)(H,27,29). The predicted octanol–water partition coefficient (Wildman–Crippen LogP) is 5.76. The van der Waals surface area contributed by atoms with Crippen molar-refractivity contribution < 1.29 is 14.3 Å². The van der Waals surface area contributed by atoms with Crippen LogP contribution in [0.2, 0.25) is 0 Å². The molecule has 0 radical (unpaired) electrons. The van der Waals surface area contributed by atoms with Crippen molar-refractivity contribution in [1.82, 2.24) is 0 Å². The van der Waals surface area contributed by atoms with Crippen LogP contribution in [-0.2, 0) is 0 Å². The number of nitrogens with one attached hydrogen (secondary N) is 2. The summed E-state index contributed by atoms with van der Waals surface area (Å²) in [6.45, 7) is 1.95. The highest BCUT2D eigenvalue weighted by atomic mass is 16.5. The lowest BCUT2D eigenvalue weighted by atomic mass is 10.1. The molecule has 5 rings (SSSR count). The van der Waals surface area contributed by atoms with Crippen LogP contribution in [0.3, 0.4) is 0 Å². The number of benzene rings is 4. The molecule has 5 nitrogen and oxygen atoms in total. The summed E-state index contributed by atoms with van der Waals surface area (Å²) in [6, 6.07) is 24.1. The van der Waals surface area contributed by atoms with Gasteiger partial charge in [0.2, 0.25) is 0 Å². The van der Waals surface area contributed by atoms with E-state index in [4.69, 9.17) is 4.74 Å². The van der Waals surface area contributed by atoms with E-state index in [9.17, 15) is 9.59 Å². The second kappa shape index (κ2) is 7.04. The zero-order valence-corrected chi connectivity index (χ0v) is 16.2. The Balaban J connectivity index is 1.43. The quantitative estimate of drug-likeness (QED) is 0.454. The molecule has 0 aliphatic carbocycles. The second-order valence-corrected chi connectivity index (χ2v) is 7.28. The molecular formula is C25H18N2O3. The monoisotopic (exact) mass is 394 g/mol. The van der Waals surface area contributed by atoms with E-state index in [1.807, 2.05) is 61.5 Å². The van der Waals surface area contributed by atoms with Gasteiger partial charge in [-0.25, -0.2) is 0 Å². The average molecular weight is 394 g/mol. The van der Waals surface area contributed by atoms with Gasteiger partial charge >= 0.3 is 0 Å². The number of amides is 2. The van der Waals surface area contributed by atoms with Gasteiger partial charge in [0, 0.05) is 11.3 Å². The summed E-state index contributed by atoms with van der Waals surface area (Å²) < 4.78 is 5.92. The third-order valence-corrected chi connectivity index (χ3v) is 5.10. The molecule has 0 aromatic heterocycles. The Morgan fingerprint density at radius 3 is 2.53 bits per heavy atom. The third kappa shape index (κ3) is 3.26. The van der Waals surface area contributed by atoms with Gasteiger partial charge in [-0.1, -0.05) is 36.4 Å².